The van der Waals surface area contributed by atoms with Gasteiger partial charge in [-0.05, 0) is 19.4 Å². The van der Waals surface area contributed by atoms with E-state index in [1.807, 2.05) is 48.4 Å². The molecule has 2 N–H and O–H groups in total. The second kappa shape index (κ2) is 4.94. The van der Waals surface area contributed by atoms with E-state index in [1.54, 1.807) is 12.4 Å². The van der Waals surface area contributed by atoms with Crippen molar-refractivity contribution < 1.29 is 0 Å². The molecular weight excluding hydrogens is 292 g/mol. The minimum Gasteiger partial charge on any atom is -0.308 e. The number of aryl methyl sites for hydroxylation is 3. The van der Waals surface area contributed by atoms with Crippen molar-refractivity contribution in [2.24, 2.45) is 7.05 Å². The molecule has 0 aromatic carbocycles. The Morgan fingerprint density at radius 3 is 2.83 bits per heavy atom. The fourth-order valence-electron chi connectivity index (χ4n) is 2.81. The van der Waals surface area contributed by atoms with Gasteiger partial charge in [-0.15, -0.1) is 0 Å². The van der Waals surface area contributed by atoms with E-state index in [9.17, 15) is 0 Å². The molecular formula is C15H16N8. The molecule has 0 aliphatic rings. The second-order valence-corrected chi connectivity index (χ2v) is 5.40. The van der Waals surface area contributed by atoms with Gasteiger partial charge < -0.3 is 5.32 Å². The van der Waals surface area contributed by atoms with Gasteiger partial charge in [-0.3, -0.25) is 14.2 Å². The summed E-state index contributed by atoms with van der Waals surface area (Å²) in [5.41, 5.74) is 4.82. The lowest BCUT2D eigenvalue weighted by Gasteiger charge is -2.13. The topological polar surface area (TPSA) is 88.7 Å². The molecule has 0 atom stereocenters. The van der Waals surface area contributed by atoms with Crippen molar-refractivity contribution in [3.63, 3.8) is 0 Å². The van der Waals surface area contributed by atoms with Gasteiger partial charge in [0.1, 0.15) is 0 Å². The van der Waals surface area contributed by atoms with E-state index in [2.05, 4.69) is 25.6 Å². The second-order valence-electron chi connectivity index (χ2n) is 5.40. The molecule has 0 spiro atoms. The first-order valence-corrected chi connectivity index (χ1v) is 7.24. The molecule has 0 radical (unpaired) electrons. The summed E-state index contributed by atoms with van der Waals surface area (Å²) in [5.74, 6) is 1.38. The van der Waals surface area contributed by atoms with E-state index in [4.69, 9.17) is 4.98 Å². The summed E-state index contributed by atoms with van der Waals surface area (Å²) in [5, 5.41) is 14.4. The first-order chi connectivity index (χ1) is 11.1. The molecule has 0 bridgehead atoms. The molecule has 8 heteroatoms. The fourth-order valence-corrected chi connectivity index (χ4v) is 2.81. The van der Waals surface area contributed by atoms with Crippen LogP contribution in [0.5, 0.6) is 0 Å². The molecule has 0 aliphatic carbocycles. The Morgan fingerprint density at radius 2 is 2.13 bits per heavy atom. The van der Waals surface area contributed by atoms with Crippen molar-refractivity contribution in [3.8, 4) is 11.3 Å². The average molecular weight is 308 g/mol. The minimum atomic E-state index is 0.672. The van der Waals surface area contributed by atoms with Crippen LogP contribution in [0.4, 0.5) is 11.8 Å². The van der Waals surface area contributed by atoms with E-state index >= 15 is 0 Å². The number of nitrogens with zero attached hydrogens (tertiary/aromatic N) is 6. The summed E-state index contributed by atoms with van der Waals surface area (Å²) >= 11 is 0. The molecule has 0 saturated carbocycles. The number of aromatic nitrogens is 7. The van der Waals surface area contributed by atoms with Gasteiger partial charge in [0.2, 0.25) is 5.95 Å². The molecule has 8 nitrogen and oxygen atoms in total. The Labute approximate surface area is 132 Å². The van der Waals surface area contributed by atoms with Crippen LogP contribution in [-0.2, 0) is 7.05 Å². The Balaban J connectivity index is 1.95. The number of anilines is 2. The highest BCUT2D eigenvalue weighted by molar-refractivity contribution is 5.80. The van der Waals surface area contributed by atoms with Gasteiger partial charge in [-0.25, -0.2) is 9.97 Å². The van der Waals surface area contributed by atoms with Crippen LogP contribution < -0.4 is 5.32 Å². The molecule has 23 heavy (non-hydrogen) atoms. The van der Waals surface area contributed by atoms with E-state index in [0.29, 0.717) is 11.8 Å². The van der Waals surface area contributed by atoms with Gasteiger partial charge in [0.05, 0.1) is 23.1 Å². The summed E-state index contributed by atoms with van der Waals surface area (Å²) in [6.07, 6.45) is 7.26. The first-order valence-electron chi connectivity index (χ1n) is 7.24. The molecule has 116 valence electrons. The molecule has 0 aliphatic heterocycles. The Bertz CT molecular complexity index is 957. The largest absolute Gasteiger partial charge is 0.308 e. The summed E-state index contributed by atoms with van der Waals surface area (Å²) in [6, 6.07) is 1.85. The molecule has 0 unspecified atom stereocenters. The van der Waals surface area contributed by atoms with Gasteiger partial charge in [-0.2, -0.15) is 10.2 Å². The van der Waals surface area contributed by atoms with Gasteiger partial charge >= 0.3 is 0 Å². The first kappa shape index (κ1) is 13.5. The van der Waals surface area contributed by atoms with Crippen LogP contribution in [0.1, 0.15) is 11.3 Å². The van der Waals surface area contributed by atoms with Gasteiger partial charge in [0, 0.05) is 31.7 Å². The van der Waals surface area contributed by atoms with Crippen molar-refractivity contribution in [2.45, 2.75) is 13.8 Å². The fraction of sp³-hybridized carbons (Fsp3) is 0.200. The van der Waals surface area contributed by atoms with Crippen LogP contribution >= 0.6 is 0 Å². The van der Waals surface area contributed by atoms with E-state index in [0.717, 1.165) is 28.2 Å². The van der Waals surface area contributed by atoms with E-state index in [1.165, 1.54) is 0 Å². The Morgan fingerprint density at radius 1 is 1.26 bits per heavy atom. The van der Waals surface area contributed by atoms with Gasteiger partial charge in [-0.1, -0.05) is 0 Å². The summed E-state index contributed by atoms with van der Waals surface area (Å²) < 4.78 is 3.78. The third-order valence-corrected chi connectivity index (χ3v) is 3.83. The zero-order chi connectivity index (χ0) is 16.0. The summed E-state index contributed by atoms with van der Waals surface area (Å²) in [4.78, 5) is 9.22. The minimum absolute atomic E-state index is 0.672. The predicted molar refractivity (Wildman–Crippen MR) is 86.5 cm³/mol. The summed E-state index contributed by atoms with van der Waals surface area (Å²) in [7, 11) is 1.93. The molecule has 0 amide bonds. The van der Waals surface area contributed by atoms with Crippen LogP contribution in [0.25, 0.3) is 16.9 Å². The number of rotatable bonds is 3. The zero-order valence-electron chi connectivity index (χ0n) is 13.1. The highest BCUT2D eigenvalue weighted by atomic mass is 15.3. The maximum Gasteiger partial charge on any atom is 0.214 e. The SMILES string of the molecule is Cc1cnn(C)c1-c1c(C)nc(Nc2cc[nH]n2)n2ccnc12. The van der Waals surface area contributed by atoms with Crippen molar-refractivity contribution in [1.29, 1.82) is 0 Å². The standard InChI is InChI=1S/C15H16N8/c1-9-8-18-22(3)13(9)12-10(2)19-15(20-11-4-5-17-21-11)23-7-6-16-14(12)23/h4-8H,1-3H3,(H2,17,19,20,21). The third kappa shape index (κ3) is 2.07. The number of hydrogen-bond donors (Lipinski definition) is 2. The molecule has 4 aromatic heterocycles. The number of aromatic amines is 1. The van der Waals surface area contributed by atoms with Crippen molar-refractivity contribution in [1.82, 2.24) is 34.3 Å². The van der Waals surface area contributed by atoms with Crippen molar-refractivity contribution in [2.75, 3.05) is 5.32 Å². The molecule has 0 saturated heterocycles. The Kier molecular flexibility index (Phi) is 2.90. The van der Waals surface area contributed by atoms with Crippen LogP contribution in [-0.4, -0.2) is 34.3 Å². The van der Waals surface area contributed by atoms with Crippen LogP contribution in [0.3, 0.4) is 0 Å². The average Bonchev–Trinajstić information content (AvgIpc) is 3.24. The lowest BCUT2D eigenvalue weighted by Crippen LogP contribution is -2.07. The number of hydrogen-bond acceptors (Lipinski definition) is 5. The number of nitrogens with one attached hydrogen (secondary N) is 2. The van der Waals surface area contributed by atoms with Gasteiger partial charge in [0.15, 0.2) is 11.5 Å². The van der Waals surface area contributed by atoms with Crippen molar-refractivity contribution >= 4 is 17.4 Å². The van der Waals surface area contributed by atoms with E-state index in [-0.39, 0.29) is 0 Å². The van der Waals surface area contributed by atoms with Crippen LogP contribution in [0.15, 0.2) is 30.9 Å². The van der Waals surface area contributed by atoms with E-state index < -0.39 is 0 Å². The monoisotopic (exact) mass is 308 g/mol. The smallest absolute Gasteiger partial charge is 0.214 e. The number of fused-ring (bicyclic) bond motifs is 1. The zero-order valence-corrected chi connectivity index (χ0v) is 13.1. The van der Waals surface area contributed by atoms with Gasteiger partial charge in [0.25, 0.3) is 0 Å². The Hall–Kier alpha value is -3.16. The number of H-pyrrole nitrogens is 1. The predicted octanol–water partition coefficient (Wildman–Crippen LogP) is 2.21. The lowest BCUT2D eigenvalue weighted by atomic mass is 10.1. The highest BCUT2D eigenvalue weighted by Gasteiger charge is 2.19. The van der Waals surface area contributed by atoms with Crippen molar-refractivity contribution in [3.05, 3.63) is 42.1 Å². The molecule has 4 rings (SSSR count). The van der Waals surface area contributed by atoms with Crippen LogP contribution in [0, 0.1) is 13.8 Å². The maximum absolute atomic E-state index is 4.70. The normalized spacial score (nSPS) is 11.3. The maximum atomic E-state index is 4.70. The molecule has 4 heterocycles. The number of imidazole rings is 1. The van der Waals surface area contributed by atoms with Crippen LogP contribution in [0.2, 0.25) is 0 Å². The lowest BCUT2D eigenvalue weighted by molar-refractivity contribution is 0.774. The summed E-state index contributed by atoms with van der Waals surface area (Å²) in [6.45, 7) is 4.02. The highest BCUT2D eigenvalue weighted by Crippen LogP contribution is 2.30. The molecule has 0 fully saturated rings. The third-order valence-electron chi connectivity index (χ3n) is 3.83. The quantitative estimate of drug-likeness (QED) is 0.606. The molecule has 4 aromatic rings.